The zero-order valence-electron chi connectivity index (χ0n) is 12.6. The van der Waals surface area contributed by atoms with E-state index in [4.69, 9.17) is 30.5 Å². The van der Waals surface area contributed by atoms with Gasteiger partial charge in [-0.2, -0.15) is 0 Å². The third-order valence-electron chi connectivity index (χ3n) is 2.81. The molecule has 0 saturated carbocycles. The minimum absolute atomic E-state index is 0.107. The Hall–Kier alpha value is -2.47. The van der Waals surface area contributed by atoms with Crippen LogP contribution in [0.4, 0.5) is 9.59 Å². The van der Waals surface area contributed by atoms with Crippen molar-refractivity contribution < 1.29 is 28.5 Å². The van der Waals surface area contributed by atoms with Crippen LogP contribution in [-0.4, -0.2) is 25.5 Å². The zero-order valence-corrected chi connectivity index (χ0v) is 13.4. The Kier molecular flexibility index (Phi) is 5.65. The maximum absolute atomic E-state index is 11.5. The van der Waals surface area contributed by atoms with Crippen molar-refractivity contribution >= 4 is 34.7 Å². The first kappa shape index (κ1) is 16.9. The largest absolute Gasteiger partial charge is 0.513 e. The average Bonchev–Trinajstić information content (AvgIpc) is 2.51. The van der Waals surface area contributed by atoms with Crippen molar-refractivity contribution in [1.29, 1.82) is 0 Å². The number of rotatable bonds is 4. The summed E-state index contributed by atoms with van der Waals surface area (Å²) in [6, 6.07) is 8.27. The molecular weight excluding hydrogens is 324 g/mol. The molecule has 0 spiro atoms. The van der Waals surface area contributed by atoms with Crippen molar-refractivity contribution in [3.05, 3.63) is 35.4 Å². The second kappa shape index (κ2) is 7.69. The molecule has 0 bridgehead atoms. The minimum atomic E-state index is -0.862. The van der Waals surface area contributed by atoms with Gasteiger partial charge < -0.3 is 18.9 Å². The van der Waals surface area contributed by atoms with Gasteiger partial charge >= 0.3 is 12.3 Å². The van der Waals surface area contributed by atoms with E-state index in [0.29, 0.717) is 10.8 Å². The maximum atomic E-state index is 11.5. The van der Waals surface area contributed by atoms with E-state index in [9.17, 15) is 9.59 Å². The standard InChI is InChI=1S/C16H15ClO6/c1-3-20-15(18)22-13-9-12(17)14(23-16(19)21-4-2)11-8-6-5-7-10(11)13/h5-9H,3-4H2,1-2H3. The molecule has 0 fully saturated rings. The highest BCUT2D eigenvalue weighted by molar-refractivity contribution is 6.33. The molecule has 122 valence electrons. The van der Waals surface area contributed by atoms with E-state index in [1.54, 1.807) is 38.1 Å². The first-order valence-corrected chi connectivity index (χ1v) is 7.35. The normalized spacial score (nSPS) is 10.2. The van der Waals surface area contributed by atoms with Gasteiger partial charge in [-0.15, -0.1) is 0 Å². The molecule has 0 atom stereocenters. The fourth-order valence-corrected chi connectivity index (χ4v) is 2.18. The molecule has 0 aliphatic heterocycles. The van der Waals surface area contributed by atoms with Gasteiger partial charge in [0.2, 0.25) is 0 Å². The van der Waals surface area contributed by atoms with E-state index < -0.39 is 12.3 Å². The Bertz CT molecular complexity index is 728. The number of halogens is 1. The van der Waals surface area contributed by atoms with E-state index in [2.05, 4.69) is 0 Å². The van der Waals surface area contributed by atoms with Gasteiger partial charge in [-0.1, -0.05) is 35.9 Å². The Morgan fingerprint density at radius 2 is 1.52 bits per heavy atom. The SMILES string of the molecule is CCOC(=O)Oc1cc(Cl)c(OC(=O)OCC)c2ccccc12. The van der Waals surface area contributed by atoms with E-state index in [-0.39, 0.29) is 29.7 Å². The summed E-state index contributed by atoms with van der Waals surface area (Å²) in [7, 11) is 0. The summed E-state index contributed by atoms with van der Waals surface area (Å²) in [6.07, 6.45) is -1.70. The molecule has 7 heteroatoms. The van der Waals surface area contributed by atoms with Gasteiger partial charge in [-0.05, 0) is 13.8 Å². The molecule has 0 amide bonds. The third-order valence-corrected chi connectivity index (χ3v) is 3.10. The molecule has 0 unspecified atom stereocenters. The highest BCUT2D eigenvalue weighted by atomic mass is 35.5. The van der Waals surface area contributed by atoms with Crippen LogP contribution in [0.3, 0.4) is 0 Å². The van der Waals surface area contributed by atoms with Crippen molar-refractivity contribution in [2.75, 3.05) is 13.2 Å². The van der Waals surface area contributed by atoms with Gasteiger partial charge in [-0.25, -0.2) is 9.59 Å². The second-order valence-electron chi connectivity index (χ2n) is 4.30. The van der Waals surface area contributed by atoms with Crippen molar-refractivity contribution in [3.8, 4) is 11.5 Å². The summed E-state index contributed by atoms with van der Waals surface area (Å²) in [4.78, 5) is 23.1. The van der Waals surface area contributed by atoms with E-state index in [1.807, 2.05) is 0 Å². The van der Waals surface area contributed by atoms with Crippen LogP contribution in [0, 0.1) is 0 Å². The third kappa shape index (κ3) is 4.04. The summed E-state index contributed by atoms with van der Waals surface area (Å²) in [5.41, 5.74) is 0. The summed E-state index contributed by atoms with van der Waals surface area (Å²) in [5.74, 6) is 0.345. The molecule has 6 nitrogen and oxygen atoms in total. The maximum Gasteiger partial charge on any atom is 0.513 e. The summed E-state index contributed by atoms with van der Waals surface area (Å²) >= 11 is 6.15. The first-order valence-electron chi connectivity index (χ1n) is 6.97. The van der Waals surface area contributed by atoms with Crippen LogP contribution in [0.25, 0.3) is 10.8 Å². The number of fused-ring (bicyclic) bond motifs is 1. The topological polar surface area (TPSA) is 71.1 Å². The Morgan fingerprint density at radius 1 is 0.957 bits per heavy atom. The van der Waals surface area contributed by atoms with Gasteiger partial charge in [-0.3, -0.25) is 0 Å². The molecule has 23 heavy (non-hydrogen) atoms. The molecule has 0 radical (unpaired) electrons. The van der Waals surface area contributed by atoms with Gasteiger partial charge in [0.25, 0.3) is 0 Å². The van der Waals surface area contributed by atoms with E-state index in [1.165, 1.54) is 6.07 Å². The Morgan fingerprint density at radius 3 is 2.13 bits per heavy atom. The lowest BCUT2D eigenvalue weighted by atomic mass is 10.1. The zero-order chi connectivity index (χ0) is 16.8. The van der Waals surface area contributed by atoms with Crippen LogP contribution >= 0.6 is 11.6 Å². The molecule has 2 rings (SSSR count). The predicted molar refractivity (Wildman–Crippen MR) is 84.3 cm³/mol. The van der Waals surface area contributed by atoms with E-state index >= 15 is 0 Å². The average molecular weight is 339 g/mol. The summed E-state index contributed by atoms with van der Waals surface area (Å²) in [6.45, 7) is 3.70. The van der Waals surface area contributed by atoms with Crippen LogP contribution in [-0.2, 0) is 9.47 Å². The minimum Gasteiger partial charge on any atom is -0.434 e. The van der Waals surface area contributed by atoms with Crippen molar-refractivity contribution in [2.24, 2.45) is 0 Å². The highest BCUT2D eigenvalue weighted by Crippen LogP contribution is 2.39. The van der Waals surface area contributed by atoms with Crippen LogP contribution in [0.5, 0.6) is 11.5 Å². The molecule has 0 aromatic heterocycles. The number of ether oxygens (including phenoxy) is 4. The van der Waals surface area contributed by atoms with E-state index in [0.717, 1.165) is 0 Å². The van der Waals surface area contributed by atoms with Gasteiger partial charge in [0.05, 0.1) is 18.2 Å². The lowest BCUT2D eigenvalue weighted by Gasteiger charge is -2.13. The molecule has 0 N–H and O–H groups in total. The second-order valence-corrected chi connectivity index (χ2v) is 4.71. The smallest absolute Gasteiger partial charge is 0.434 e. The molecule has 0 heterocycles. The summed E-state index contributed by atoms with van der Waals surface area (Å²) in [5, 5.41) is 1.16. The van der Waals surface area contributed by atoms with Crippen molar-refractivity contribution in [3.63, 3.8) is 0 Å². The number of hydrogen-bond acceptors (Lipinski definition) is 6. The lowest BCUT2D eigenvalue weighted by molar-refractivity contribution is 0.103. The molecule has 2 aromatic rings. The monoisotopic (exact) mass is 338 g/mol. The quantitative estimate of drug-likeness (QED) is 0.601. The molecule has 0 aliphatic rings. The molecular formula is C16H15ClO6. The fraction of sp³-hybridized carbons (Fsp3) is 0.250. The first-order chi connectivity index (χ1) is 11.1. The van der Waals surface area contributed by atoms with Crippen LogP contribution < -0.4 is 9.47 Å². The number of carbonyl (C=O) groups is 2. The number of hydrogen-bond donors (Lipinski definition) is 0. The van der Waals surface area contributed by atoms with Gasteiger partial charge in [0, 0.05) is 16.8 Å². The molecule has 0 aliphatic carbocycles. The Balaban J connectivity index is 2.45. The van der Waals surface area contributed by atoms with Crippen LogP contribution in [0.15, 0.2) is 30.3 Å². The lowest BCUT2D eigenvalue weighted by Crippen LogP contribution is -2.12. The summed E-state index contributed by atoms with van der Waals surface area (Å²) < 4.78 is 19.8. The number of benzene rings is 2. The van der Waals surface area contributed by atoms with Crippen molar-refractivity contribution in [1.82, 2.24) is 0 Å². The van der Waals surface area contributed by atoms with Gasteiger partial charge in [0.1, 0.15) is 5.75 Å². The molecule has 0 saturated heterocycles. The van der Waals surface area contributed by atoms with Gasteiger partial charge in [0.15, 0.2) is 5.75 Å². The predicted octanol–water partition coefficient (Wildman–Crippen LogP) is 4.56. The van der Waals surface area contributed by atoms with Crippen LogP contribution in [0.1, 0.15) is 13.8 Å². The van der Waals surface area contributed by atoms with Crippen LogP contribution in [0.2, 0.25) is 5.02 Å². The Labute approximate surface area is 137 Å². The molecule has 2 aromatic carbocycles. The van der Waals surface area contributed by atoms with Crippen molar-refractivity contribution in [2.45, 2.75) is 13.8 Å². The highest BCUT2D eigenvalue weighted by Gasteiger charge is 2.18. The fourth-order valence-electron chi connectivity index (χ4n) is 1.94. The number of carbonyl (C=O) groups excluding carboxylic acids is 2.